The largest absolute Gasteiger partial charge is 0.444 e. The van der Waals surface area contributed by atoms with Crippen LogP contribution in [-0.2, 0) is 9.57 Å². The van der Waals surface area contributed by atoms with Gasteiger partial charge in [-0.25, -0.2) is 4.79 Å². The second-order valence-corrected chi connectivity index (χ2v) is 8.72. The summed E-state index contributed by atoms with van der Waals surface area (Å²) in [6.45, 7) is 6.81. The summed E-state index contributed by atoms with van der Waals surface area (Å²) < 4.78 is 5.46. The van der Waals surface area contributed by atoms with Crippen LogP contribution in [0, 0.1) is 0 Å². The zero-order valence-electron chi connectivity index (χ0n) is 18.2. The Labute approximate surface area is 182 Å². The summed E-state index contributed by atoms with van der Waals surface area (Å²) in [6, 6.07) is 14.0. The van der Waals surface area contributed by atoms with Gasteiger partial charge in [0, 0.05) is 43.1 Å². The molecule has 2 aromatic heterocycles. The van der Waals surface area contributed by atoms with Crippen molar-refractivity contribution in [3.63, 3.8) is 0 Å². The predicted molar refractivity (Wildman–Crippen MR) is 120 cm³/mol. The van der Waals surface area contributed by atoms with E-state index in [4.69, 9.17) is 9.57 Å². The maximum absolute atomic E-state index is 12.3. The van der Waals surface area contributed by atoms with E-state index < -0.39 is 5.60 Å². The lowest BCUT2D eigenvalue weighted by atomic mass is 10.1. The Bertz CT molecular complexity index is 1030. The number of H-pyrrole nitrogens is 1. The molecule has 7 nitrogen and oxygen atoms in total. The van der Waals surface area contributed by atoms with E-state index in [2.05, 4.69) is 21.2 Å². The molecule has 4 rings (SSSR count). The molecule has 0 unspecified atom stereocenters. The highest BCUT2D eigenvalue weighted by Crippen LogP contribution is 2.21. The Hall–Kier alpha value is -3.35. The Morgan fingerprint density at radius 3 is 2.58 bits per heavy atom. The van der Waals surface area contributed by atoms with Crippen LogP contribution in [0.2, 0.25) is 0 Å². The summed E-state index contributed by atoms with van der Waals surface area (Å²) in [5, 5.41) is 5.61. The molecule has 7 heteroatoms. The molecule has 0 bridgehead atoms. The van der Waals surface area contributed by atoms with Gasteiger partial charge in [-0.15, -0.1) is 0 Å². The van der Waals surface area contributed by atoms with E-state index in [-0.39, 0.29) is 12.2 Å². The van der Waals surface area contributed by atoms with Crippen LogP contribution < -0.4 is 0 Å². The standard InChI is InChI=1S/C24H28N4O3/c1-24(2,3)30-23(29)28-13-10-19(11-14-28)31-27-22(17-7-5-4-6-8-17)20-15-18-9-12-25-16-21(18)26-20/h4-9,12,15-16,19,26H,10-11,13-14H2,1-3H3/b27-22+. The Morgan fingerprint density at radius 2 is 1.90 bits per heavy atom. The maximum Gasteiger partial charge on any atom is 0.410 e. The fraction of sp³-hybridized carbons (Fsp3) is 0.375. The van der Waals surface area contributed by atoms with Gasteiger partial charge < -0.3 is 19.5 Å². The molecule has 0 radical (unpaired) electrons. The Balaban J connectivity index is 1.47. The molecular formula is C24H28N4O3. The SMILES string of the molecule is CC(C)(C)OC(=O)N1CCC(O/N=C(\c2ccccc2)c2cc3ccncc3[nH]2)CC1. The molecule has 1 amide bonds. The Kier molecular flexibility index (Phi) is 5.93. The minimum absolute atomic E-state index is 0.0524. The lowest BCUT2D eigenvalue weighted by Crippen LogP contribution is -2.43. The summed E-state index contributed by atoms with van der Waals surface area (Å²) in [7, 11) is 0. The van der Waals surface area contributed by atoms with Crippen LogP contribution >= 0.6 is 0 Å². The number of benzene rings is 1. The minimum Gasteiger partial charge on any atom is -0.444 e. The normalized spacial score (nSPS) is 15.8. The van der Waals surface area contributed by atoms with Crippen molar-refractivity contribution >= 4 is 22.7 Å². The second kappa shape index (κ2) is 8.79. The van der Waals surface area contributed by atoms with Crippen molar-refractivity contribution in [1.29, 1.82) is 0 Å². The molecule has 0 atom stereocenters. The van der Waals surface area contributed by atoms with E-state index in [1.165, 1.54) is 0 Å². The summed E-state index contributed by atoms with van der Waals surface area (Å²) in [6.07, 6.45) is 4.67. The molecule has 3 heterocycles. The number of carbonyl (C=O) groups is 1. The Morgan fingerprint density at radius 1 is 1.16 bits per heavy atom. The highest BCUT2D eigenvalue weighted by Gasteiger charge is 2.28. The van der Waals surface area contributed by atoms with Crippen LogP contribution in [0.3, 0.4) is 0 Å². The molecule has 1 fully saturated rings. The summed E-state index contributed by atoms with van der Waals surface area (Å²) >= 11 is 0. The summed E-state index contributed by atoms with van der Waals surface area (Å²) in [5.41, 5.74) is 3.04. The third-order valence-corrected chi connectivity index (χ3v) is 5.11. The first kappa shape index (κ1) is 20.9. The number of rotatable bonds is 4. The minimum atomic E-state index is -0.492. The number of piperidine rings is 1. The molecule has 31 heavy (non-hydrogen) atoms. The number of pyridine rings is 1. The van der Waals surface area contributed by atoms with Gasteiger partial charge in [-0.05, 0) is 32.9 Å². The monoisotopic (exact) mass is 420 g/mol. The molecule has 1 saturated heterocycles. The van der Waals surface area contributed by atoms with Crippen LogP contribution in [0.25, 0.3) is 10.9 Å². The topological polar surface area (TPSA) is 79.8 Å². The molecule has 1 N–H and O–H groups in total. The van der Waals surface area contributed by atoms with E-state index in [0.717, 1.165) is 27.9 Å². The average Bonchev–Trinajstić information content (AvgIpc) is 3.18. The number of nitrogens with zero attached hydrogens (tertiary/aromatic N) is 3. The summed E-state index contributed by atoms with van der Waals surface area (Å²) in [5.74, 6) is 0. The molecule has 1 aromatic carbocycles. The molecule has 1 aliphatic rings. The van der Waals surface area contributed by atoms with Crippen LogP contribution in [0.15, 0.2) is 60.0 Å². The van der Waals surface area contributed by atoms with Crippen molar-refractivity contribution in [2.45, 2.75) is 45.3 Å². The highest BCUT2D eigenvalue weighted by atomic mass is 16.6. The summed E-state index contributed by atoms with van der Waals surface area (Å²) in [4.78, 5) is 27.5. The van der Waals surface area contributed by atoms with Gasteiger partial charge >= 0.3 is 6.09 Å². The zero-order valence-corrected chi connectivity index (χ0v) is 18.2. The van der Waals surface area contributed by atoms with E-state index in [9.17, 15) is 4.79 Å². The maximum atomic E-state index is 12.3. The van der Waals surface area contributed by atoms with Crippen molar-refractivity contribution in [3.8, 4) is 0 Å². The number of hydrogen-bond acceptors (Lipinski definition) is 5. The molecule has 1 aliphatic heterocycles. The van der Waals surface area contributed by atoms with Crippen molar-refractivity contribution in [3.05, 3.63) is 66.1 Å². The molecule has 3 aromatic rings. The molecular weight excluding hydrogens is 392 g/mol. The third kappa shape index (κ3) is 5.23. The first-order valence-corrected chi connectivity index (χ1v) is 10.6. The third-order valence-electron chi connectivity index (χ3n) is 5.11. The van der Waals surface area contributed by atoms with Crippen LogP contribution in [-0.4, -0.2) is 51.5 Å². The quantitative estimate of drug-likeness (QED) is 0.489. The van der Waals surface area contributed by atoms with Gasteiger partial charge in [0.15, 0.2) is 0 Å². The van der Waals surface area contributed by atoms with E-state index >= 15 is 0 Å². The van der Waals surface area contributed by atoms with Crippen LogP contribution in [0.1, 0.15) is 44.9 Å². The fourth-order valence-corrected chi connectivity index (χ4v) is 3.55. The number of amides is 1. The van der Waals surface area contributed by atoms with Gasteiger partial charge in [-0.1, -0.05) is 35.5 Å². The first-order chi connectivity index (χ1) is 14.9. The zero-order chi connectivity index (χ0) is 21.8. The van der Waals surface area contributed by atoms with Crippen molar-refractivity contribution < 1.29 is 14.4 Å². The number of carbonyl (C=O) groups excluding carboxylic acids is 1. The van der Waals surface area contributed by atoms with Gasteiger partial charge in [-0.3, -0.25) is 4.98 Å². The van der Waals surface area contributed by atoms with Gasteiger partial charge in [0.05, 0.1) is 17.4 Å². The number of fused-ring (bicyclic) bond motifs is 1. The molecule has 162 valence electrons. The van der Waals surface area contributed by atoms with E-state index in [0.29, 0.717) is 25.9 Å². The fourth-order valence-electron chi connectivity index (χ4n) is 3.55. The first-order valence-electron chi connectivity index (χ1n) is 10.6. The molecule has 0 spiro atoms. The highest BCUT2D eigenvalue weighted by molar-refractivity contribution is 6.13. The van der Waals surface area contributed by atoms with E-state index in [1.54, 1.807) is 17.3 Å². The smallest absolute Gasteiger partial charge is 0.410 e. The number of aromatic nitrogens is 2. The van der Waals surface area contributed by atoms with Gasteiger partial charge in [-0.2, -0.15) is 0 Å². The number of oxime groups is 1. The predicted octanol–water partition coefficient (Wildman–Crippen LogP) is 4.73. The second-order valence-electron chi connectivity index (χ2n) is 8.72. The van der Waals surface area contributed by atoms with Crippen LogP contribution in [0.4, 0.5) is 4.79 Å². The average molecular weight is 421 g/mol. The lowest BCUT2D eigenvalue weighted by Gasteiger charge is -2.32. The number of hydrogen-bond donors (Lipinski definition) is 1. The lowest BCUT2D eigenvalue weighted by molar-refractivity contribution is -0.00977. The molecule has 0 saturated carbocycles. The van der Waals surface area contributed by atoms with Gasteiger partial charge in [0.2, 0.25) is 0 Å². The van der Waals surface area contributed by atoms with Crippen molar-refractivity contribution in [2.75, 3.05) is 13.1 Å². The van der Waals surface area contributed by atoms with Gasteiger partial charge in [0.25, 0.3) is 0 Å². The number of likely N-dealkylation sites (tertiary alicyclic amines) is 1. The number of nitrogens with one attached hydrogen (secondary N) is 1. The van der Waals surface area contributed by atoms with E-state index in [1.807, 2.05) is 57.2 Å². The van der Waals surface area contributed by atoms with Crippen molar-refractivity contribution in [1.82, 2.24) is 14.9 Å². The number of aromatic amines is 1. The van der Waals surface area contributed by atoms with Crippen LogP contribution in [0.5, 0.6) is 0 Å². The molecule has 0 aliphatic carbocycles. The van der Waals surface area contributed by atoms with Crippen molar-refractivity contribution in [2.24, 2.45) is 5.16 Å². The number of ether oxygens (including phenoxy) is 1. The van der Waals surface area contributed by atoms with Gasteiger partial charge in [0.1, 0.15) is 17.4 Å².